The number of aliphatic hydroxyl groups excluding tert-OH is 6. The van der Waals surface area contributed by atoms with E-state index >= 15 is 0 Å². The Morgan fingerprint density at radius 1 is 0.870 bits per heavy atom. The van der Waals surface area contributed by atoms with E-state index in [-0.39, 0.29) is 122 Å². The molecule has 4 rings (SSSR count). The molecule has 28 heteroatoms. The van der Waals surface area contributed by atoms with Gasteiger partial charge >= 0.3 is 114 Å². The Morgan fingerprint density at radius 2 is 1.24 bits per heavy atom. The van der Waals surface area contributed by atoms with Gasteiger partial charge in [-0.05, 0) is 0 Å². The molecule has 0 bridgehead atoms. The smallest absolute Gasteiger partial charge is 1.00 e. The van der Waals surface area contributed by atoms with E-state index in [2.05, 4.69) is 49.6 Å². The fraction of sp³-hybridized carbons (Fsp3) is 0.500. The number of terminal acetylenes is 1. The van der Waals surface area contributed by atoms with E-state index < -0.39 is 92.9 Å². The normalized spacial score (nSPS) is 23.4. The molecule has 2 fully saturated rings. The van der Waals surface area contributed by atoms with Crippen LogP contribution in [0.4, 0.5) is 0 Å². The molecule has 0 unspecified atom stereocenters. The van der Waals surface area contributed by atoms with Crippen molar-refractivity contribution in [1.29, 1.82) is 0 Å². The van der Waals surface area contributed by atoms with Crippen LogP contribution in [0.5, 0.6) is 0 Å². The van der Waals surface area contributed by atoms with E-state index in [9.17, 15) is 39.6 Å². The van der Waals surface area contributed by atoms with Crippen LogP contribution in [0.25, 0.3) is 0 Å². The van der Waals surface area contributed by atoms with Gasteiger partial charge in [0.1, 0.15) is 55.8 Å². The number of nitrogens with zero attached hydrogens (tertiary/aromatic N) is 2. The summed E-state index contributed by atoms with van der Waals surface area (Å²) < 4.78 is 12.3. The monoisotopic (exact) mass is 943 g/mol. The van der Waals surface area contributed by atoms with Gasteiger partial charge in [-0.1, -0.05) is 31.5 Å². The molecule has 8 N–H and O–H groups in total. The van der Waals surface area contributed by atoms with Crippen molar-refractivity contribution >= 4 is 72.4 Å². The molecular weight excluding hydrogens is 910 g/mol. The Balaban J connectivity index is -0.000000763. The Bertz CT molecular complexity index is 2040. The van der Waals surface area contributed by atoms with Gasteiger partial charge in [-0.3, -0.25) is 33.5 Å². The SMILES string of the molecule is C#[13C]c1cn([C@@H]2O[C@H](CO)[C@H](O)[C@@H]2O)c(=O)[nH]c1=O.C[Si](C)(C)[13C]#[13C]c1cn([C@@H]2O[C@H](CO)[C@H](O)[C@@H]2O)c(=O)[nH]c1=O.O=CO[O-].S=S=S=S=S=S.[H-].[K+].[K+]. The molecule has 54 heavy (non-hydrogen) atoms. The first-order valence-electron chi connectivity index (χ1n) is 14.1. The second-order valence-electron chi connectivity index (χ2n) is 11.0. The van der Waals surface area contributed by atoms with Crippen molar-refractivity contribution in [2.75, 3.05) is 13.2 Å². The fourth-order valence-corrected chi connectivity index (χ4v) is 10.0. The summed E-state index contributed by atoms with van der Waals surface area (Å²) in [5.41, 5.74) is 0.00643. The van der Waals surface area contributed by atoms with Crippen molar-refractivity contribution in [3.63, 3.8) is 0 Å². The molecular formula is C26H34K2N4O15S6Si. The van der Waals surface area contributed by atoms with Crippen LogP contribution in [0, 0.1) is 23.8 Å². The van der Waals surface area contributed by atoms with Crippen LogP contribution < -0.4 is 131 Å². The summed E-state index contributed by atoms with van der Waals surface area (Å²) >= 11 is 9.03. The molecule has 0 radical (unpaired) electrons. The first-order chi connectivity index (χ1) is 24.5. The van der Waals surface area contributed by atoms with Crippen molar-refractivity contribution < 1.29 is 159 Å². The predicted octanol–water partition coefficient (Wildman–Crippen LogP) is -12.0. The molecule has 2 aliphatic rings. The maximum Gasteiger partial charge on any atom is 1.00 e. The van der Waals surface area contributed by atoms with E-state index in [4.69, 9.17) is 36.2 Å². The van der Waals surface area contributed by atoms with Gasteiger partial charge < -0.3 is 51.7 Å². The third kappa shape index (κ3) is 17.7. The van der Waals surface area contributed by atoms with Gasteiger partial charge in [-0.25, -0.2) is 9.59 Å². The molecule has 290 valence electrons. The standard InChI is InChI=1S/C14H20N2O6Si.C11H12N2O6.CH2O3.2K.S6.H/c1-23(2,3)5-4-8-6-16(14(21)15-12(8)20)13-11(19)10(18)9(7-17)22-13;1-2-5-3-13(11(18)12-9(5)17)10-8(16)7(15)6(4-14)19-10;2-1-4-3;;;1-3-5-6-4-2;/h6,9-11,13,17-19H,7H2,1-3H3,(H,15,20,21);1,3,6-8,10,14-16H,4H2,(H,12,17,18);1,3H;;;;/q;;;2*+1;;-1/p-1/t9-,10+,11+,13-;6-,7+,8+,10-;;;;;/m11...../s1/i4+1,5+1;2+1;;;;;. The summed E-state index contributed by atoms with van der Waals surface area (Å²) in [6.07, 6.45) is -2.62. The van der Waals surface area contributed by atoms with Crippen molar-refractivity contribution in [3.05, 3.63) is 65.2 Å². The van der Waals surface area contributed by atoms with Gasteiger partial charge in [0.15, 0.2) is 12.5 Å². The summed E-state index contributed by atoms with van der Waals surface area (Å²) in [5, 5.41) is 65.6. The molecule has 8 atom stereocenters. The third-order valence-electron chi connectivity index (χ3n) is 6.37. The average molecular weight is 944 g/mol. The minimum atomic E-state index is -1.72. The minimum absolute atomic E-state index is 0. The van der Waals surface area contributed by atoms with Crippen molar-refractivity contribution in [1.82, 2.24) is 19.1 Å². The van der Waals surface area contributed by atoms with Crippen molar-refractivity contribution in [2.45, 2.75) is 68.7 Å². The molecule has 0 amide bonds. The molecule has 0 aliphatic carbocycles. The van der Waals surface area contributed by atoms with Gasteiger partial charge in [0.2, 0.25) is 0 Å². The molecule has 2 saturated heterocycles. The number of hydrogen-bond acceptors (Lipinski definition) is 17. The zero-order chi connectivity index (χ0) is 39.8. The van der Waals surface area contributed by atoms with Crippen LogP contribution in [0.15, 0.2) is 31.6 Å². The topological polar surface area (TPSA) is 299 Å². The van der Waals surface area contributed by atoms with E-state index in [1.54, 1.807) is 0 Å². The van der Waals surface area contributed by atoms with Gasteiger partial charge in [0.05, 0.1) is 13.2 Å². The number of hydrogen-bond donors (Lipinski definition) is 8. The first-order valence-corrected chi connectivity index (χ1v) is 24.2. The van der Waals surface area contributed by atoms with Gasteiger partial charge in [-0.2, -0.15) is 0 Å². The first kappa shape index (κ1) is 56.5. The molecule has 0 aromatic carbocycles. The van der Waals surface area contributed by atoms with Crippen molar-refractivity contribution in [3.8, 4) is 23.8 Å². The molecule has 19 nitrogen and oxygen atoms in total. The summed E-state index contributed by atoms with van der Waals surface area (Å²) in [6, 6.07) is 0. The Kier molecular flexibility index (Phi) is 30.1. The summed E-state index contributed by atoms with van der Waals surface area (Å²) in [4.78, 5) is 62.1. The number of carbonyl (C=O) groups excluding carboxylic acids is 1. The molecule has 2 aromatic rings. The summed E-state index contributed by atoms with van der Waals surface area (Å²) in [7, 11) is 3.91. The predicted molar refractivity (Wildman–Crippen MR) is 199 cm³/mol. The zero-order valence-corrected chi connectivity index (χ0v) is 41.2. The number of carbonyl (C=O) groups is 1. The van der Waals surface area contributed by atoms with Crippen LogP contribution in [-0.4, -0.2) is 114 Å². The minimum Gasteiger partial charge on any atom is -1.00 e. The second-order valence-corrected chi connectivity index (χ2v) is 22.8. The van der Waals surface area contributed by atoms with Crippen LogP contribution in [0.3, 0.4) is 0 Å². The molecule has 0 spiro atoms. The molecule has 0 saturated carbocycles. The number of aromatic nitrogens is 4. The van der Waals surface area contributed by atoms with Crippen LogP contribution in [0.1, 0.15) is 25.0 Å². The maximum absolute atomic E-state index is 12.0. The van der Waals surface area contributed by atoms with E-state index in [0.29, 0.717) is 0 Å². The van der Waals surface area contributed by atoms with E-state index in [1.807, 2.05) is 24.6 Å². The zero-order valence-electron chi connectivity index (χ0n) is 30.0. The second kappa shape index (κ2) is 28.8. The Morgan fingerprint density at radius 3 is 1.54 bits per heavy atom. The fourth-order valence-electron chi connectivity index (χ4n) is 4.04. The maximum atomic E-state index is 12.0. The summed E-state index contributed by atoms with van der Waals surface area (Å²) in [5.74, 6) is 4.84. The number of ether oxygens (including phenoxy) is 2. The van der Waals surface area contributed by atoms with E-state index in [1.165, 1.54) is 41.7 Å². The van der Waals surface area contributed by atoms with Gasteiger partial charge in [0.25, 0.3) is 17.6 Å². The summed E-state index contributed by atoms with van der Waals surface area (Å²) in [6.45, 7) is 4.83. The molecule has 2 aliphatic heterocycles. The molecule has 4 heterocycles. The van der Waals surface area contributed by atoms with Gasteiger partial charge in [-0.15, -0.1) is 12.0 Å². The Labute approximate surface area is 415 Å². The Hall–Kier alpha value is 0.400. The average Bonchev–Trinajstić information content (AvgIpc) is 3.56. The van der Waals surface area contributed by atoms with E-state index in [0.717, 1.165) is 15.3 Å². The molecule has 2 aromatic heterocycles. The van der Waals surface area contributed by atoms with Crippen LogP contribution in [0.2, 0.25) is 19.6 Å². The number of nitrogens with one attached hydrogen (secondary N) is 2. The largest absolute Gasteiger partial charge is 1.00 e. The quantitative estimate of drug-likeness (QED) is 0.0345. The number of rotatable bonds is 5. The van der Waals surface area contributed by atoms with Crippen molar-refractivity contribution in [2.24, 2.45) is 0 Å². The number of H-pyrrole nitrogens is 2. The van der Waals surface area contributed by atoms with Crippen LogP contribution in [-0.2, 0) is 77.1 Å². The third-order valence-corrected chi connectivity index (χ3v) is 13.9. The number of aliphatic hydroxyl groups is 6. The van der Waals surface area contributed by atoms with Gasteiger partial charge in [0, 0.05) is 70.3 Å². The number of aromatic amines is 2. The van der Waals surface area contributed by atoms with Crippen LogP contribution >= 0.6 is 0 Å².